The van der Waals surface area contributed by atoms with Crippen LogP contribution in [0.5, 0.6) is 0 Å². The molecule has 0 aromatic heterocycles. The molecule has 0 N–H and O–H groups in total. The van der Waals surface area contributed by atoms with Crippen molar-refractivity contribution in [3.05, 3.63) is 35.6 Å². The van der Waals surface area contributed by atoms with Crippen LogP contribution in [0.15, 0.2) is 24.3 Å². The van der Waals surface area contributed by atoms with E-state index in [9.17, 15) is 8.78 Å². The Morgan fingerprint density at radius 3 is 2.50 bits per heavy atom. The van der Waals surface area contributed by atoms with Gasteiger partial charge in [-0.05, 0) is 24.6 Å². The van der Waals surface area contributed by atoms with Crippen molar-refractivity contribution in [2.45, 2.75) is 13.1 Å². The van der Waals surface area contributed by atoms with Crippen molar-refractivity contribution >= 4 is 0 Å². The van der Waals surface area contributed by atoms with Crippen molar-refractivity contribution in [1.82, 2.24) is 0 Å². The second-order valence-corrected chi connectivity index (χ2v) is 2.17. The van der Waals surface area contributed by atoms with Crippen LogP contribution >= 0.6 is 0 Å². The molecule has 1 unspecified atom stereocenters. The summed E-state index contributed by atoms with van der Waals surface area (Å²) in [6.07, 6.45) is -1.09. The van der Waals surface area contributed by atoms with Crippen molar-refractivity contribution in [3.63, 3.8) is 0 Å². The van der Waals surface area contributed by atoms with Crippen molar-refractivity contribution in [1.29, 1.82) is 0 Å². The third kappa shape index (κ3) is 1.53. The van der Waals surface area contributed by atoms with E-state index in [0.717, 1.165) is 0 Å². The maximum absolute atomic E-state index is 12.4. The first-order valence-electron chi connectivity index (χ1n) is 3.09. The minimum Gasteiger partial charge on any atom is -0.243 e. The molecule has 0 aliphatic rings. The molecule has 0 aliphatic heterocycles. The van der Waals surface area contributed by atoms with E-state index in [1.165, 1.54) is 25.1 Å². The molecule has 54 valence electrons. The number of halogens is 2. The first kappa shape index (κ1) is 7.19. The summed E-state index contributed by atoms with van der Waals surface area (Å²) in [5.41, 5.74) is 0.389. The first-order valence-corrected chi connectivity index (χ1v) is 3.09. The lowest BCUT2D eigenvalue weighted by molar-refractivity contribution is 0.373. The van der Waals surface area contributed by atoms with Gasteiger partial charge in [-0.3, -0.25) is 0 Å². The van der Waals surface area contributed by atoms with Crippen molar-refractivity contribution in [2.75, 3.05) is 0 Å². The van der Waals surface area contributed by atoms with Gasteiger partial charge in [-0.15, -0.1) is 0 Å². The quantitative estimate of drug-likeness (QED) is 0.565. The third-order valence-corrected chi connectivity index (χ3v) is 1.31. The zero-order valence-corrected chi connectivity index (χ0v) is 5.64. The summed E-state index contributed by atoms with van der Waals surface area (Å²) in [5, 5.41) is 0. The lowest BCUT2D eigenvalue weighted by Gasteiger charge is -1.99. The van der Waals surface area contributed by atoms with Crippen LogP contribution in [0.2, 0.25) is 0 Å². The Balaban J connectivity index is 2.96. The average molecular weight is 142 g/mol. The second kappa shape index (κ2) is 2.78. The van der Waals surface area contributed by atoms with E-state index in [1.54, 1.807) is 6.07 Å². The van der Waals surface area contributed by atoms with E-state index < -0.39 is 6.17 Å². The van der Waals surface area contributed by atoms with Gasteiger partial charge >= 0.3 is 0 Å². The predicted molar refractivity (Wildman–Crippen MR) is 35.9 cm³/mol. The van der Waals surface area contributed by atoms with Gasteiger partial charge in [0.1, 0.15) is 12.0 Å². The first-order chi connectivity index (χ1) is 4.70. The number of hydrogen-bond acceptors (Lipinski definition) is 0. The van der Waals surface area contributed by atoms with Gasteiger partial charge in [0.2, 0.25) is 0 Å². The molecule has 0 saturated carbocycles. The number of rotatable bonds is 1. The van der Waals surface area contributed by atoms with Crippen molar-refractivity contribution < 1.29 is 8.78 Å². The standard InChI is InChI=1S/C8H8F2/c1-6(9)7-3-2-4-8(10)5-7/h2-6H,1H3. The fourth-order valence-electron chi connectivity index (χ4n) is 0.754. The van der Waals surface area contributed by atoms with Gasteiger partial charge in [-0.2, -0.15) is 0 Å². The summed E-state index contributed by atoms with van der Waals surface area (Å²) in [6, 6.07) is 5.56. The minimum absolute atomic E-state index is 0.387. The van der Waals surface area contributed by atoms with Gasteiger partial charge in [-0.1, -0.05) is 12.1 Å². The van der Waals surface area contributed by atoms with Gasteiger partial charge in [0, 0.05) is 0 Å². The van der Waals surface area contributed by atoms with Crippen LogP contribution in [-0.4, -0.2) is 0 Å². The lowest BCUT2D eigenvalue weighted by atomic mass is 10.1. The molecular formula is C8H8F2. The highest BCUT2D eigenvalue weighted by Crippen LogP contribution is 2.16. The molecular weight excluding hydrogens is 134 g/mol. The molecule has 0 radical (unpaired) electrons. The van der Waals surface area contributed by atoms with Crippen LogP contribution in [0.25, 0.3) is 0 Å². The van der Waals surface area contributed by atoms with Crippen molar-refractivity contribution in [3.8, 4) is 0 Å². The van der Waals surface area contributed by atoms with E-state index in [2.05, 4.69) is 0 Å². The summed E-state index contributed by atoms with van der Waals surface area (Å²) in [5.74, 6) is -0.387. The van der Waals surface area contributed by atoms with Gasteiger partial charge in [-0.25, -0.2) is 8.78 Å². The highest BCUT2D eigenvalue weighted by molar-refractivity contribution is 5.17. The van der Waals surface area contributed by atoms with E-state index in [4.69, 9.17) is 0 Å². The number of benzene rings is 1. The predicted octanol–water partition coefficient (Wildman–Crippen LogP) is 2.86. The molecule has 1 aromatic rings. The Labute approximate surface area is 58.5 Å². The Kier molecular flexibility index (Phi) is 2.00. The molecule has 0 amide bonds. The molecule has 2 heteroatoms. The Bertz CT molecular complexity index is 218. The Morgan fingerprint density at radius 2 is 2.10 bits per heavy atom. The molecule has 0 fully saturated rings. The zero-order chi connectivity index (χ0) is 7.56. The third-order valence-electron chi connectivity index (χ3n) is 1.31. The largest absolute Gasteiger partial charge is 0.243 e. The second-order valence-electron chi connectivity index (χ2n) is 2.17. The minimum atomic E-state index is -1.09. The van der Waals surface area contributed by atoms with E-state index in [0.29, 0.717) is 5.56 Å². The molecule has 0 heterocycles. The molecule has 1 atom stereocenters. The van der Waals surface area contributed by atoms with Gasteiger partial charge < -0.3 is 0 Å². The van der Waals surface area contributed by atoms with Gasteiger partial charge in [0.15, 0.2) is 0 Å². The van der Waals surface area contributed by atoms with Crippen LogP contribution < -0.4 is 0 Å². The highest BCUT2D eigenvalue weighted by Gasteiger charge is 2.01. The zero-order valence-electron chi connectivity index (χ0n) is 5.64. The fraction of sp³-hybridized carbons (Fsp3) is 0.250. The Hall–Kier alpha value is -0.920. The fourth-order valence-corrected chi connectivity index (χ4v) is 0.754. The smallest absolute Gasteiger partial charge is 0.123 e. The monoisotopic (exact) mass is 142 g/mol. The molecule has 1 aromatic carbocycles. The molecule has 0 aliphatic carbocycles. The van der Waals surface area contributed by atoms with Crippen LogP contribution in [0.3, 0.4) is 0 Å². The number of alkyl halides is 1. The SMILES string of the molecule is CC(F)c1cccc(F)c1. The highest BCUT2D eigenvalue weighted by atomic mass is 19.1. The molecule has 0 bridgehead atoms. The summed E-state index contributed by atoms with van der Waals surface area (Å²) in [4.78, 5) is 0. The maximum Gasteiger partial charge on any atom is 0.123 e. The summed E-state index contributed by atoms with van der Waals surface area (Å²) in [6.45, 7) is 1.38. The Morgan fingerprint density at radius 1 is 1.40 bits per heavy atom. The van der Waals surface area contributed by atoms with E-state index in [-0.39, 0.29) is 5.82 Å². The summed E-state index contributed by atoms with van der Waals surface area (Å²) < 4.78 is 24.8. The molecule has 0 nitrogen and oxygen atoms in total. The number of hydrogen-bond donors (Lipinski definition) is 0. The van der Waals surface area contributed by atoms with Crippen LogP contribution in [-0.2, 0) is 0 Å². The molecule has 10 heavy (non-hydrogen) atoms. The van der Waals surface area contributed by atoms with Gasteiger partial charge in [0.25, 0.3) is 0 Å². The topological polar surface area (TPSA) is 0 Å². The van der Waals surface area contributed by atoms with Crippen LogP contribution in [0.1, 0.15) is 18.7 Å². The maximum atomic E-state index is 12.4. The van der Waals surface area contributed by atoms with E-state index >= 15 is 0 Å². The lowest BCUT2D eigenvalue weighted by Crippen LogP contribution is -1.85. The molecule has 0 spiro atoms. The summed E-state index contributed by atoms with van der Waals surface area (Å²) in [7, 11) is 0. The average Bonchev–Trinajstić information content (AvgIpc) is 1.88. The van der Waals surface area contributed by atoms with Crippen LogP contribution in [0.4, 0.5) is 8.78 Å². The van der Waals surface area contributed by atoms with E-state index in [1.807, 2.05) is 0 Å². The summed E-state index contributed by atoms with van der Waals surface area (Å²) >= 11 is 0. The van der Waals surface area contributed by atoms with Crippen LogP contribution in [0, 0.1) is 5.82 Å². The van der Waals surface area contributed by atoms with Gasteiger partial charge in [0.05, 0.1) is 0 Å². The van der Waals surface area contributed by atoms with Crippen molar-refractivity contribution in [2.24, 2.45) is 0 Å². The normalized spacial score (nSPS) is 13.1. The molecule has 1 rings (SSSR count). The molecule has 0 saturated heterocycles.